The van der Waals surface area contributed by atoms with Crippen LogP contribution in [0.2, 0.25) is 0 Å². The van der Waals surface area contributed by atoms with Crippen molar-refractivity contribution in [3.05, 3.63) is 40.3 Å². The van der Waals surface area contributed by atoms with E-state index in [1.807, 2.05) is 31.2 Å². The minimum absolute atomic E-state index is 0.103. The Morgan fingerprint density at radius 2 is 2.12 bits per heavy atom. The highest BCUT2D eigenvalue weighted by molar-refractivity contribution is 8.26. The van der Waals surface area contributed by atoms with E-state index >= 15 is 0 Å². The second kappa shape index (κ2) is 9.56. The maximum Gasteiger partial charge on any atom is 0.266 e. The van der Waals surface area contributed by atoms with Gasteiger partial charge in [-0.15, -0.1) is 0 Å². The molecule has 0 aliphatic carbocycles. The van der Waals surface area contributed by atoms with Crippen molar-refractivity contribution in [3.8, 4) is 0 Å². The summed E-state index contributed by atoms with van der Waals surface area (Å²) in [5.41, 5.74) is 8.41. The molecule has 2 aromatic rings. The Morgan fingerprint density at radius 3 is 2.81 bits per heavy atom. The summed E-state index contributed by atoms with van der Waals surface area (Å²) < 4.78 is 5.64. The second-order valence-corrected chi connectivity index (χ2v) is 9.71. The molecule has 4 rings (SSSR count). The first-order valence-electron chi connectivity index (χ1n) is 10.6. The van der Waals surface area contributed by atoms with E-state index in [0.717, 1.165) is 27.8 Å². The van der Waals surface area contributed by atoms with Gasteiger partial charge in [-0.2, -0.15) is 0 Å². The average molecular weight is 471 g/mol. The number of pyridine rings is 1. The van der Waals surface area contributed by atoms with Crippen molar-refractivity contribution in [2.75, 3.05) is 38.3 Å². The van der Waals surface area contributed by atoms with Crippen molar-refractivity contribution in [1.29, 1.82) is 0 Å². The highest BCUT2D eigenvalue weighted by atomic mass is 32.2. The monoisotopic (exact) mass is 470 g/mol. The molecule has 0 atom stereocenters. The first kappa shape index (κ1) is 22.7. The molecule has 2 aliphatic heterocycles. The van der Waals surface area contributed by atoms with Gasteiger partial charge in [0, 0.05) is 37.1 Å². The lowest BCUT2D eigenvalue weighted by Crippen LogP contribution is -2.39. The van der Waals surface area contributed by atoms with Crippen LogP contribution < -0.4 is 10.6 Å². The Bertz CT molecular complexity index is 1110. The van der Waals surface area contributed by atoms with Gasteiger partial charge in [0.2, 0.25) is 5.91 Å². The van der Waals surface area contributed by atoms with Gasteiger partial charge in [0.05, 0.1) is 23.6 Å². The number of benzene rings is 1. The zero-order valence-electron chi connectivity index (χ0n) is 18.2. The van der Waals surface area contributed by atoms with Crippen molar-refractivity contribution in [2.45, 2.75) is 19.8 Å². The molecule has 0 spiro atoms. The van der Waals surface area contributed by atoms with E-state index in [0.29, 0.717) is 48.3 Å². The topological polar surface area (TPSA) is 88.8 Å². The molecular weight excluding hydrogens is 444 g/mol. The number of thiocarbonyl (C=S) groups is 1. The molecule has 9 heteroatoms. The standard InChI is InChI=1S/C23H26N4O3S2/c1-14-4-3-5-16-12-17(13-18-22(29)27(10-11-30-2)23(31)32-18)21(25-19(14)16)26-8-6-15(7-9-26)20(24)28/h3-5,12-13,15H,6-11H2,1-2H3,(H2,24,28)/b18-13-. The number of para-hydroxylation sites is 1. The van der Waals surface area contributed by atoms with E-state index in [1.54, 1.807) is 12.0 Å². The summed E-state index contributed by atoms with van der Waals surface area (Å²) in [6.07, 6.45) is 3.28. The van der Waals surface area contributed by atoms with Gasteiger partial charge in [-0.05, 0) is 37.5 Å². The van der Waals surface area contributed by atoms with Crippen LogP contribution in [0.3, 0.4) is 0 Å². The number of carbonyl (C=O) groups excluding carboxylic acids is 2. The molecule has 0 bridgehead atoms. The van der Waals surface area contributed by atoms with Crippen LogP contribution in [0.25, 0.3) is 17.0 Å². The fraction of sp³-hybridized carbons (Fsp3) is 0.391. The molecule has 2 aliphatic rings. The Hall–Kier alpha value is -2.49. The predicted octanol–water partition coefficient (Wildman–Crippen LogP) is 3.09. The van der Waals surface area contributed by atoms with Gasteiger partial charge in [0.1, 0.15) is 10.1 Å². The molecule has 1 aromatic carbocycles. The lowest BCUT2D eigenvalue weighted by Gasteiger charge is -2.32. The summed E-state index contributed by atoms with van der Waals surface area (Å²) in [6, 6.07) is 8.15. The van der Waals surface area contributed by atoms with Crippen molar-refractivity contribution in [2.24, 2.45) is 11.7 Å². The minimum Gasteiger partial charge on any atom is -0.383 e. The zero-order valence-corrected chi connectivity index (χ0v) is 19.8. The van der Waals surface area contributed by atoms with Crippen LogP contribution in [-0.2, 0) is 14.3 Å². The molecule has 0 unspecified atom stereocenters. The zero-order chi connectivity index (χ0) is 22.8. The Balaban J connectivity index is 1.73. The summed E-state index contributed by atoms with van der Waals surface area (Å²) >= 11 is 6.72. The van der Waals surface area contributed by atoms with Gasteiger partial charge in [0.25, 0.3) is 5.91 Å². The number of thioether (sulfide) groups is 1. The Morgan fingerprint density at radius 1 is 1.38 bits per heavy atom. The number of aromatic nitrogens is 1. The van der Waals surface area contributed by atoms with Crippen LogP contribution >= 0.6 is 24.0 Å². The van der Waals surface area contributed by atoms with Crippen molar-refractivity contribution >= 4 is 62.9 Å². The third-order valence-electron chi connectivity index (χ3n) is 5.93. The molecule has 168 valence electrons. The number of ether oxygens (including phenoxy) is 1. The smallest absolute Gasteiger partial charge is 0.266 e. The number of anilines is 1. The molecule has 32 heavy (non-hydrogen) atoms. The highest BCUT2D eigenvalue weighted by Gasteiger charge is 2.32. The molecule has 1 aromatic heterocycles. The summed E-state index contributed by atoms with van der Waals surface area (Å²) in [6.45, 7) is 4.28. The predicted molar refractivity (Wildman–Crippen MR) is 132 cm³/mol. The van der Waals surface area contributed by atoms with Gasteiger partial charge < -0.3 is 15.4 Å². The van der Waals surface area contributed by atoms with Crippen LogP contribution in [0.1, 0.15) is 24.0 Å². The molecule has 0 radical (unpaired) electrons. The Kier molecular flexibility index (Phi) is 6.78. The maximum atomic E-state index is 13.0. The average Bonchev–Trinajstić information content (AvgIpc) is 3.04. The van der Waals surface area contributed by atoms with Crippen LogP contribution in [0.4, 0.5) is 5.82 Å². The quantitative estimate of drug-likeness (QED) is 0.513. The molecule has 2 amide bonds. The molecule has 3 heterocycles. The normalized spacial score (nSPS) is 18.9. The number of aryl methyl sites for hydroxylation is 1. The SMILES string of the molecule is COCCN1C(=O)/C(=C/c2cc3cccc(C)c3nc2N2CCC(C(N)=O)CC2)SC1=S. The number of piperidine rings is 1. The largest absolute Gasteiger partial charge is 0.383 e. The number of carbonyl (C=O) groups is 2. The highest BCUT2D eigenvalue weighted by Crippen LogP contribution is 2.36. The van der Waals surface area contributed by atoms with E-state index in [4.69, 9.17) is 27.7 Å². The number of fused-ring (bicyclic) bond motifs is 1. The van der Waals surface area contributed by atoms with Crippen molar-refractivity contribution in [1.82, 2.24) is 9.88 Å². The summed E-state index contributed by atoms with van der Waals surface area (Å²) in [7, 11) is 1.60. The number of rotatable bonds is 6. The lowest BCUT2D eigenvalue weighted by molar-refractivity contribution is -0.123. The van der Waals surface area contributed by atoms with Gasteiger partial charge in [0.15, 0.2) is 0 Å². The maximum absolute atomic E-state index is 13.0. The fourth-order valence-corrected chi connectivity index (χ4v) is 5.40. The molecular formula is C23H26N4O3S2. The van der Waals surface area contributed by atoms with E-state index in [1.165, 1.54) is 11.8 Å². The number of hydrogen-bond donors (Lipinski definition) is 1. The lowest BCUT2D eigenvalue weighted by atomic mass is 9.96. The van der Waals surface area contributed by atoms with Crippen LogP contribution in [0, 0.1) is 12.8 Å². The second-order valence-electron chi connectivity index (χ2n) is 8.04. The van der Waals surface area contributed by atoms with Crippen molar-refractivity contribution < 1.29 is 14.3 Å². The molecule has 2 fully saturated rings. The molecule has 2 saturated heterocycles. The first-order chi connectivity index (χ1) is 15.4. The third kappa shape index (κ3) is 4.51. The van der Waals surface area contributed by atoms with E-state index in [-0.39, 0.29) is 17.7 Å². The first-order valence-corrected chi connectivity index (χ1v) is 11.8. The van der Waals surface area contributed by atoms with Crippen molar-refractivity contribution in [3.63, 3.8) is 0 Å². The minimum atomic E-state index is -0.244. The van der Waals surface area contributed by atoms with E-state index in [9.17, 15) is 9.59 Å². The number of nitrogens with two attached hydrogens (primary N) is 1. The number of amides is 2. The van der Waals surface area contributed by atoms with E-state index < -0.39 is 0 Å². The number of hydrogen-bond acceptors (Lipinski definition) is 7. The number of nitrogens with zero attached hydrogens (tertiary/aromatic N) is 3. The number of primary amides is 1. The summed E-state index contributed by atoms with van der Waals surface area (Å²) in [5, 5.41) is 1.02. The van der Waals surface area contributed by atoms with E-state index in [2.05, 4.69) is 11.0 Å². The van der Waals surface area contributed by atoms with Gasteiger partial charge in [-0.3, -0.25) is 14.5 Å². The van der Waals surface area contributed by atoms with Gasteiger partial charge in [-0.25, -0.2) is 4.98 Å². The molecule has 7 nitrogen and oxygen atoms in total. The summed E-state index contributed by atoms with van der Waals surface area (Å²) in [4.78, 5) is 33.9. The Labute approximate surface area is 197 Å². The fourth-order valence-electron chi connectivity index (χ4n) is 4.11. The van der Waals surface area contributed by atoms with Gasteiger partial charge in [-0.1, -0.05) is 42.2 Å². The number of methoxy groups -OCH3 is 1. The van der Waals surface area contributed by atoms with Crippen LogP contribution in [0.15, 0.2) is 29.2 Å². The molecule has 2 N–H and O–H groups in total. The molecule has 0 saturated carbocycles. The summed E-state index contributed by atoms with van der Waals surface area (Å²) in [5.74, 6) is 0.359. The van der Waals surface area contributed by atoms with Crippen LogP contribution in [0.5, 0.6) is 0 Å². The van der Waals surface area contributed by atoms with Gasteiger partial charge >= 0.3 is 0 Å². The third-order valence-corrected chi connectivity index (χ3v) is 7.31. The van der Waals surface area contributed by atoms with Crippen LogP contribution in [-0.4, -0.2) is 59.4 Å².